The lowest BCUT2D eigenvalue weighted by Crippen LogP contribution is -2.03. The predicted molar refractivity (Wildman–Crippen MR) is 77.7 cm³/mol. The molecule has 0 radical (unpaired) electrons. The van der Waals surface area contributed by atoms with Crippen molar-refractivity contribution in [2.24, 2.45) is 0 Å². The van der Waals surface area contributed by atoms with E-state index in [1.165, 1.54) is 17.7 Å². The molecule has 0 aliphatic carbocycles. The molecule has 0 spiro atoms. The Bertz CT molecular complexity index is 562. The van der Waals surface area contributed by atoms with E-state index in [-0.39, 0.29) is 5.75 Å². The molecule has 2 aromatic rings. The summed E-state index contributed by atoms with van der Waals surface area (Å²) in [5, 5.41) is 10.3. The monoisotopic (exact) mass is 292 g/mol. The number of aliphatic hydroxyl groups excluding tert-OH is 1. The largest absolute Gasteiger partial charge is 0.435 e. The number of aliphatic hydroxyl groups is 1. The highest BCUT2D eigenvalue weighted by molar-refractivity contribution is 5.35. The summed E-state index contributed by atoms with van der Waals surface area (Å²) in [7, 11) is 0. The van der Waals surface area contributed by atoms with Crippen molar-refractivity contribution in [1.82, 2.24) is 0 Å². The van der Waals surface area contributed by atoms with Crippen LogP contribution in [-0.2, 0) is 0 Å². The summed E-state index contributed by atoms with van der Waals surface area (Å²) in [5.74, 6) is 0.512. The van der Waals surface area contributed by atoms with Crippen LogP contribution in [0.5, 0.6) is 5.75 Å². The van der Waals surface area contributed by atoms with Crippen molar-refractivity contribution in [2.45, 2.75) is 32.5 Å². The number of benzene rings is 2. The molecule has 0 heterocycles. The van der Waals surface area contributed by atoms with Crippen molar-refractivity contribution in [2.75, 3.05) is 0 Å². The summed E-state index contributed by atoms with van der Waals surface area (Å²) in [6.07, 6.45) is -0.785. The van der Waals surface area contributed by atoms with Crippen LogP contribution in [0, 0.1) is 0 Å². The van der Waals surface area contributed by atoms with Crippen molar-refractivity contribution in [3.63, 3.8) is 0 Å². The maximum atomic E-state index is 12.1. The summed E-state index contributed by atoms with van der Waals surface area (Å²) in [4.78, 5) is 0. The molecule has 4 heteroatoms. The van der Waals surface area contributed by atoms with Crippen LogP contribution in [-0.4, -0.2) is 11.7 Å². The quantitative estimate of drug-likeness (QED) is 0.879. The van der Waals surface area contributed by atoms with Gasteiger partial charge in [-0.3, -0.25) is 0 Å². The molecule has 0 fully saturated rings. The van der Waals surface area contributed by atoms with Crippen molar-refractivity contribution in [1.29, 1.82) is 0 Å². The Labute approximate surface area is 123 Å². The summed E-state index contributed by atoms with van der Waals surface area (Å²) >= 11 is 0. The van der Waals surface area contributed by atoms with E-state index in [2.05, 4.69) is 18.6 Å². The first kappa shape index (κ1) is 15.4. The topological polar surface area (TPSA) is 29.5 Å². The highest BCUT2D eigenvalue weighted by Gasteiger charge is 2.12. The Morgan fingerprint density at radius 2 is 1.24 bits per heavy atom. The van der Waals surface area contributed by atoms with Crippen LogP contribution in [0.4, 0.5) is 8.78 Å². The Hall–Kier alpha value is -1.94. The molecule has 1 N–H and O–H groups in total. The van der Waals surface area contributed by atoms with Gasteiger partial charge in [-0.15, -0.1) is 0 Å². The zero-order valence-electron chi connectivity index (χ0n) is 12.0. The summed E-state index contributed by atoms with van der Waals surface area (Å²) in [6.45, 7) is 1.37. The van der Waals surface area contributed by atoms with Gasteiger partial charge in [0.05, 0.1) is 0 Å². The van der Waals surface area contributed by atoms with Gasteiger partial charge in [0, 0.05) is 0 Å². The lowest BCUT2D eigenvalue weighted by atomic mass is 9.97. The zero-order chi connectivity index (χ0) is 15.4. The van der Waals surface area contributed by atoms with Gasteiger partial charge in [0.2, 0.25) is 0 Å². The number of alkyl halides is 2. The molecule has 0 bridgehead atoms. The molecule has 0 saturated carbocycles. The number of hydrogen-bond acceptors (Lipinski definition) is 2. The van der Waals surface area contributed by atoms with Crippen LogP contribution in [0.2, 0.25) is 0 Å². The molecule has 21 heavy (non-hydrogen) atoms. The van der Waals surface area contributed by atoms with Gasteiger partial charge >= 0.3 is 6.61 Å². The van der Waals surface area contributed by atoms with E-state index < -0.39 is 12.7 Å². The van der Waals surface area contributed by atoms with E-state index in [4.69, 9.17) is 0 Å². The lowest BCUT2D eigenvalue weighted by molar-refractivity contribution is -0.0498. The van der Waals surface area contributed by atoms with E-state index in [1.54, 1.807) is 12.1 Å². The fourth-order valence-corrected chi connectivity index (χ4v) is 2.09. The number of ether oxygens (including phenoxy) is 1. The highest BCUT2D eigenvalue weighted by Crippen LogP contribution is 2.26. The molecular weight excluding hydrogens is 274 g/mol. The fraction of sp³-hybridized carbons (Fsp3) is 0.294. The summed E-state index contributed by atoms with van der Waals surface area (Å²) < 4.78 is 28.4. The van der Waals surface area contributed by atoms with Crippen LogP contribution in [0.1, 0.15) is 42.6 Å². The van der Waals surface area contributed by atoms with Crippen LogP contribution in [0.3, 0.4) is 0 Å². The molecule has 0 aliphatic heterocycles. The molecule has 0 amide bonds. The number of hydrogen-bond donors (Lipinski definition) is 1. The van der Waals surface area contributed by atoms with Crippen molar-refractivity contribution in [3.05, 3.63) is 65.2 Å². The Morgan fingerprint density at radius 3 is 1.67 bits per heavy atom. The van der Waals surface area contributed by atoms with Gasteiger partial charge in [-0.25, -0.2) is 0 Å². The second-order valence-electron chi connectivity index (χ2n) is 5.17. The molecule has 0 saturated heterocycles. The second-order valence-corrected chi connectivity index (χ2v) is 5.17. The zero-order valence-corrected chi connectivity index (χ0v) is 12.0. The molecule has 1 unspecified atom stereocenters. The lowest BCUT2D eigenvalue weighted by Gasteiger charge is -2.14. The molecule has 0 aliphatic rings. The van der Waals surface area contributed by atoms with Gasteiger partial charge in [-0.2, -0.15) is 8.78 Å². The average Bonchev–Trinajstić information content (AvgIpc) is 2.47. The third kappa shape index (κ3) is 4.02. The minimum Gasteiger partial charge on any atom is -0.435 e. The van der Waals surface area contributed by atoms with Gasteiger partial charge in [0.25, 0.3) is 0 Å². The molecule has 1 atom stereocenters. The first-order chi connectivity index (χ1) is 9.97. The van der Waals surface area contributed by atoms with Crippen LogP contribution >= 0.6 is 0 Å². The summed E-state index contributed by atoms with van der Waals surface area (Å²) in [5.41, 5.74) is 2.60. The fourth-order valence-electron chi connectivity index (χ4n) is 2.09. The molecule has 112 valence electrons. The maximum absolute atomic E-state index is 12.1. The standard InChI is InChI=1S/C17H18F2O2/c1-11(2)12-3-5-13(6-4-12)16(20)14-7-9-15(10-8-14)21-17(18)19/h3-11,16-17,20H,1-2H3. The van der Waals surface area contributed by atoms with E-state index >= 15 is 0 Å². The smallest absolute Gasteiger partial charge is 0.387 e. The first-order valence-corrected chi connectivity index (χ1v) is 6.80. The van der Waals surface area contributed by atoms with Crippen LogP contribution in [0.25, 0.3) is 0 Å². The number of rotatable bonds is 5. The van der Waals surface area contributed by atoms with Gasteiger partial charge < -0.3 is 9.84 Å². The Kier molecular flexibility index (Phi) is 4.91. The third-order valence-corrected chi connectivity index (χ3v) is 3.34. The van der Waals surface area contributed by atoms with Gasteiger partial charge in [-0.1, -0.05) is 50.2 Å². The normalized spacial score (nSPS) is 12.7. The summed E-state index contributed by atoms with van der Waals surface area (Å²) in [6, 6.07) is 13.7. The van der Waals surface area contributed by atoms with E-state index in [0.717, 1.165) is 5.56 Å². The van der Waals surface area contributed by atoms with Crippen LogP contribution < -0.4 is 4.74 Å². The average molecular weight is 292 g/mol. The Balaban J connectivity index is 2.13. The molecule has 0 aromatic heterocycles. The van der Waals surface area contributed by atoms with Crippen LogP contribution in [0.15, 0.2) is 48.5 Å². The van der Waals surface area contributed by atoms with Gasteiger partial charge in [0.15, 0.2) is 0 Å². The highest BCUT2D eigenvalue weighted by atomic mass is 19.3. The van der Waals surface area contributed by atoms with E-state index in [0.29, 0.717) is 11.5 Å². The minimum atomic E-state index is -2.84. The predicted octanol–water partition coefficient (Wildman–Crippen LogP) is 4.49. The van der Waals surface area contributed by atoms with E-state index in [1.807, 2.05) is 24.3 Å². The van der Waals surface area contributed by atoms with Gasteiger partial charge in [0.1, 0.15) is 11.9 Å². The molecule has 2 aromatic carbocycles. The second kappa shape index (κ2) is 6.68. The van der Waals surface area contributed by atoms with E-state index in [9.17, 15) is 13.9 Å². The maximum Gasteiger partial charge on any atom is 0.387 e. The number of halogens is 2. The molecule has 2 nitrogen and oxygen atoms in total. The molecule has 2 rings (SSSR count). The van der Waals surface area contributed by atoms with Crippen molar-refractivity contribution >= 4 is 0 Å². The Morgan fingerprint density at radius 1 is 0.810 bits per heavy atom. The first-order valence-electron chi connectivity index (χ1n) is 6.80. The van der Waals surface area contributed by atoms with Crippen molar-refractivity contribution in [3.8, 4) is 5.75 Å². The molecular formula is C17H18F2O2. The SMILES string of the molecule is CC(C)c1ccc(C(O)c2ccc(OC(F)F)cc2)cc1. The third-order valence-electron chi connectivity index (χ3n) is 3.34. The van der Waals surface area contributed by atoms with Gasteiger partial charge in [-0.05, 0) is 34.7 Å². The van der Waals surface area contributed by atoms with Crippen molar-refractivity contribution < 1.29 is 18.6 Å². The minimum absolute atomic E-state index is 0.0797.